The summed E-state index contributed by atoms with van der Waals surface area (Å²) in [5.41, 5.74) is 6.22. The van der Waals surface area contributed by atoms with Crippen LogP contribution in [0.25, 0.3) is 0 Å². The Morgan fingerprint density at radius 2 is 1.94 bits per heavy atom. The van der Waals surface area contributed by atoms with Crippen LogP contribution in [0.4, 0.5) is 0 Å². The van der Waals surface area contributed by atoms with E-state index in [4.69, 9.17) is 5.73 Å². The highest BCUT2D eigenvalue weighted by Gasteiger charge is 2.26. The third-order valence-electron chi connectivity index (χ3n) is 4.14. The number of nitrogens with one attached hydrogen (secondary N) is 1. The highest BCUT2D eigenvalue weighted by Crippen LogP contribution is 2.28. The van der Waals surface area contributed by atoms with Crippen LogP contribution in [0.3, 0.4) is 0 Å². The van der Waals surface area contributed by atoms with Crippen LogP contribution in [0.1, 0.15) is 59.8 Å². The molecule has 0 aliphatic heterocycles. The lowest BCUT2D eigenvalue weighted by molar-refractivity contribution is -0.123. The van der Waals surface area contributed by atoms with Gasteiger partial charge in [0.1, 0.15) is 0 Å². The molecule has 100 valence electrons. The van der Waals surface area contributed by atoms with Crippen LogP contribution >= 0.6 is 0 Å². The van der Waals surface area contributed by atoms with Crippen molar-refractivity contribution in [3.8, 4) is 0 Å². The largest absolute Gasteiger partial charge is 0.352 e. The van der Waals surface area contributed by atoms with Crippen molar-refractivity contribution < 1.29 is 4.79 Å². The summed E-state index contributed by atoms with van der Waals surface area (Å²) >= 11 is 0. The normalized spacial score (nSPS) is 27.6. The number of hydrogen-bond acceptors (Lipinski definition) is 2. The molecule has 1 aliphatic carbocycles. The minimum atomic E-state index is 0.151. The topological polar surface area (TPSA) is 55.1 Å². The van der Waals surface area contributed by atoms with Crippen molar-refractivity contribution in [1.82, 2.24) is 5.32 Å². The molecule has 0 saturated heterocycles. The molecule has 1 amide bonds. The first-order valence-electron chi connectivity index (χ1n) is 6.85. The van der Waals surface area contributed by atoms with E-state index in [1.54, 1.807) is 0 Å². The molecule has 17 heavy (non-hydrogen) atoms. The summed E-state index contributed by atoms with van der Waals surface area (Å²) in [6.07, 6.45) is 5.07. The monoisotopic (exact) mass is 240 g/mol. The number of rotatable bonds is 3. The maximum absolute atomic E-state index is 11.9. The van der Waals surface area contributed by atoms with E-state index in [1.807, 2.05) is 0 Å². The van der Waals surface area contributed by atoms with E-state index >= 15 is 0 Å². The molecule has 0 radical (unpaired) electrons. The molecular formula is C14H28N2O. The smallest absolute Gasteiger partial charge is 0.220 e. The Hall–Kier alpha value is -0.570. The van der Waals surface area contributed by atoms with Gasteiger partial charge in [-0.2, -0.15) is 0 Å². The zero-order valence-corrected chi connectivity index (χ0v) is 11.8. The van der Waals surface area contributed by atoms with Crippen molar-refractivity contribution in [3.05, 3.63) is 0 Å². The number of amides is 1. The lowest BCUT2D eigenvalue weighted by atomic mass is 9.80. The Labute approximate surface area is 106 Å². The van der Waals surface area contributed by atoms with E-state index in [0.717, 1.165) is 12.8 Å². The third kappa shape index (κ3) is 4.66. The number of carbonyl (C=O) groups excluding carboxylic acids is 1. The Balaban J connectivity index is 2.38. The summed E-state index contributed by atoms with van der Waals surface area (Å²) in [6.45, 7) is 8.67. The van der Waals surface area contributed by atoms with Crippen molar-refractivity contribution in [2.45, 2.75) is 71.9 Å². The summed E-state index contributed by atoms with van der Waals surface area (Å²) in [4.78, 5) is 11.9. The van der Waals surface area contributed by atoms with Gasteiger partial charge in [0, 0.05) is 18.5 Å². The van der Waals surface area contributed by atoms with Gasteiger partial charge in [-0.05, 0) is 24.2 Å². The molecule has 0 heterocycles. The fraction of sp³-hybridized carbons (Fsp3) is 0.929. The second-order valence-corrected chi connectivity index (χ2v) is 6.59. The molecule has 3 unspecified atom stereocenters. The molecule has 0 aromatic heterocycles. The lowest BCUT2D eigenvalue weighted by Crippen LogP contribution is -2.49. The van der Waals surface area contributed by atoms with Crippen molar-refractivity contribution in [3.63, 3.8) is 0 Å². The fourth-order valence-corrected chi connectivity index (χ4v) is 2.19. The second kappa shape index (κ2) is 5.85. The van der Waals surface area contributed by atoms with Crippen molar-refractivity contribution in [1.29, 1.82) is 0 Å². The SMILES string of the molecule is CC(CC(=O)NC1CCCCC1N)C(C)(C)C. The van der Waals surface area contributed by atoms with Gasteiger partial charge in [0.05, 0.1) is 0 Å². The van der Waals surface area contributed by atoms with Crippen molar-refractivity contribution >= 4 is 5.91 Å². The van der Waals surface area contributed by atoms with Crippen LogP contribution in [-0.2, 0) is 4.79 Å². The summed E-state index contributed by atoms with van der Waals surface area (Å²) < 4.78 is 0. The Morgan fingerprint density at radius 3 is 2.47 bits per heavy atom. The third-order valence-corrected chi connectivity index (χ3v) is 4.14. The van der Waals surface area contributed by atoms with Crippen LogP contribution in [0.5, 0.6) is 0 Å². The Bertz CT molecular complexity index is 257. The number of carbonyl (C=O) groups is 1. The minimum Gasteiger partial charge on any atom is -0.352 e. The van der Waals surface area contributed by atoms with E-state index in [9.17, 15) is 4.79 Å². The predicted octanol–water partition coefficient (Wildman–Crippen LogP) is 2.44. The highest BCUT2D eigenvalue weighted by atomic mass is 16.1. The zero-order valence-electron chi connectivity index (χ0n) is 11.8. The summed E-state index contributed by atoms with van der Waals surface area (Å²) in [7, 11) is 0. The molecule has 3 heteroatoms. The molecule has 1 rings (SSSR count). The molecule has 3 atom stereocenters. The van der Waals surface area contributed by atoms with Gasteiger partial charge in [0.25, 0.3) is 0 Å². The van der Waals surface area contributed by atoms with E-state index in [1.165, 1.54) is 12.8 Å². The maximum atomic E-state index is 11.9. The van der Waals surface area contributed by atoms with Crippen molar-refractivity contribution in [2.75, 3.05) is 0 Å². The molecule has 0 aromatic rings. The average molecular weight is 240 g/mol. The van der Waals surface area contributed by atoms with Gasteiger partial charge in [-0.25, -0.2) is 0 Å². The van der Waals surface area contributed by atoms with Crippen LogP contribution < -0.4 is 11.1 Å². The van der Waals surface area contributed by atoms with Gasteiger partial charge < -0.3 is 11.1 Å². The quantitative estimate of drug-likeness (QED) is 0.796. The fourth-order valence-electron chi connectivity index (χ4n) is 2.19. The van der Waals surface area contributed by atoms with Gasteiger partial charge in [-0.1, -0.05) is 40.5 Å². The van der Waals surface area contributed by atoms with Gasteiger partial charge >= 0.3 is 0 Å². The summed E-state index contributed by atoms with van der Waals surface area (Å²) in [6, 6.07) is 0.348. The van der Waals surface area contributed by atoms with Gasteiger partial charge in [0.2, 0.25) is 5.91 Å². The number of hydrogen-bond donors (Lipinski definition) is 2. The minimum absolute atomic E-state index is 0.151. The molecule has 0 spiro atoms. The van der Waals surface area contributed by atoms with Crippen LogP contribution in [0.15, 0.2) is 0 Å². The van der Waals surface area contributed by atoms with E-state index < -0.39 is 0 Å². The van der Waals surface area contributed by atoms with Crippen LogP contribution in [0, 0.1) is 11.3 Å². The van der Waals surface area contributed by atoms with E-state index in [2.05, 4.69) is 33.0 Å². The van der Waals surface area contributed by atoms with Crippen molar-refractivity contribution in [2.24, 2.45) is 17.1 Å². The van der Waals surface area contributed by atoms with E-state index in [0.29, 0.717) is 12.3 Å². The second-order valence-electron chi connectivity index (χ2n) is 6.59. The first kappa shape index (κ1) is 14.5. The van der Waals surface area contributed by atoms with Gasteiger partial charge in [-0.15, -0.1) is 0 Å². The molecular weight excluding hydrogens is 212 g/mol. The Kier molecular flexibility index (Phi) is 4.99. The lowest BCUT2D eigenvalue weighted by Gasteiger charge is -2.31. The first-order valence-corrected chi connectivity index (χ1v) is 6.85. The Morgan fingerprint density at radius 1 is 1.35 bits per heavy atom. The van der Waals surface area contributed by atoms with Crippen LogP contribution in [0.2, 0.25) is 0 Å². The summed E-state index contributed by atoms with van der Waals surface area (Å²) in [5.74, 6) is 0.553. The zero-order chi connectivity index (χ0) is 13.1. The van der Waals surface area contributed by atoms with Gasteiger partial charge in [0.15, 0.2) is 0 Å². The van der Waals surface area contributed by atoms with Crippen LogP contribution in [-0.4, -0.2) is 18.0 Å². The standard InChI is InChI=1S/C14H28N2O/c1-10(14(2,3)4)9-13(17)16-12-8-6-5-7-11(12)15/h10-12H,5-9,15H2,1-4H3,(H,16,17). The number of nitrogens with two attached hydrogens (primary N) is 1. The maximum Gasteiger partial charge on any atom is 0.220 e. The molecule has 1 aliphatic rings. The molecule has 3 nitrogen and oxygen atoms in total. The van der Waals surface area contributed by atoms with Gasteiger partial charge in [-0.3, -0.25) is 4.79 Å². The molecule has 0 aromatic carbocycles. The molecule has 0 bridgehead atoms. The summed E-state index contributed by atoms with van der Waals surface area (Å²) in [5, 5.41) is 3.11. The average Bonchev–Trinajstić information content (AvgIpc) is 2.20. The molecule has 3 N–H and O–H groups in total. The predicted molar refractivity (Wildman–Crippen MR) is 71.6 cm³/mol. The highest BCUT2D eigenvalue weighted by molar-refractivity contribution is 5.76. The van der Waals surface area contributed by atoms with E-state index in [-0.39, 0.29) is 23.4 Å². The molecule has 1 fully saturated rings. The molecule has 1 saturated carbocycles. The first-order chi connectivity index (χ1) is 7.80.